The van der Waals surface area contributed by atoms with Crippen LogP contribution in [0.15, 0.2) is 0 Å². The zero-order chi connectivity index (χ0) is 14.2. The van der Waals surface area contributed by atoms with Gasteiger partial charge in [-0.3, -0.25) is 9.69 Å². The first kappa shape index (κ1) is 14.3. The maximum atomic E-state index is 12.6. The predicted octanol–water partition coefficient (Wildman–Crippen LogP) is 1.32. The van der Waals surface area contributed by atoms with Crippen LogP contribution in [0.3, 0.4) is 0 Å². The van der Waals surface area contributed by atoms with Crippen LogP contribution in [0.1, 0.15) is 39.5 Å². The van der Waals surface area contributed by atoms with Crippen molar-refractivity contribution < 1.29 is 4.79 Å². The van der Waals surface area contributed by atoms with Gasteiger partial charge in [0.1, 0.15) is 0 Å². The monoisotopic (exact) mass is 279 g/mol. The van der Waals surface area contributed by atoms with Gasteiger partial charge in [-0.25, -0.2) is 0 Å². The summed E-state index contributed by atoms with van der Waals surface area (Å²) in [6.45, 7) is 10.7. The molecule has 3 fully saturated rings. The number of rotatable bonds is 2. The molecule has 2 saturated heterocycles. The molecule has 0 radical (unpaired) electrons. The number of amides is 1. The largest absolute Gasteiger partial charge is 0.340 e. The van der Waals surface area contributed by atoms with E-state index in [1.807, 2.05) is 0 Å². The third kappa shape index (κ3) is 2.73. The molecule has 1 saturated carbocycles. The standard InChI is InChI=1S/C16H29N3O/c1-13(2)18-7-9-19(10-8-18)15(20)14-11-16(12-14)3-5-17-6-4-16/h13-14,17H,3-12H2,1-2H3. The zero-order valence-electron chi connectivity index (χ0n) is 13.0. The fourth-order valence-electron chi connectivity index (χ4n) is 4.24. The molecule has 1 amide bonds. The van der Waals surface area contributed by atoms with E-state index in [1.165, 1.54) is 12.8 Å². The highest BCUT2D eigenvalue weighted by Crippen LogP contribution is 2.52. The Balaban J connectivity index is 1.47. The summed E-state index contributed by atoms with van der Waals surface area (Å²) in [6, 6.07) is 0.606. The van der Waals surface area contributed by atoms with Crippen LogP contribution in [0, 0.1) is 11.3 Å². The molecule has 1 N–H and O–H groups in total. The van der Waals surface area contributed by atoms with Crippen molar-refractivity contribution in [2.24, 2.45) is 11.3 Å². The highest BCUT2D eigenvalue weighted by atomic mass is 16.2. The van der Waals surface area contributed by atoms with Gasteiger partial charge >= 0.3 is 0 Å². The van der Waals surface area contributed by atoms with Crippen molar-refractivity contribution in [2.75, 3.05) is 39.3 Å². The molecule has 4 heteroatoms. The number of carbonyl (C=O) groups is 1. The van der Waals surface area contributed by atoms with Crippen LogP contribution in [0.5, 0.6) is 0 Å². The van der Waals surface area contributed by atoms with Crippen LogP contribution in [0.4, 0.5) is 0 Å². The van der Waals surface area contributed by atoms with Crippen LogP contribution < -0.4 is 5.32 Å². The number of piperidine rings is 1. The summed E-state index contributed by atoms with van der Waals surface area (Å²) in [6.07, 6.45) is 4.85. The van der Waals surface area contributed by atoms with Crippen molar-refractivity contribution in [1.82, 2.24) is 15.1 Å². The summed E-state index contributed by atoms with van der Waals surface area (Å²) < 4.78 is 0. The molecular weight excluding hydrogens is 250 g/mol. The molecule has 0 atom stereocenters. The van der Waals surface area contributed by atoms with Crippen LogP contribution in [0.2, 0.25) is 0 Å². The minimum atomic E-state index is 0.332. The molecule has 4 nitrogen and oxygen atoms in total. The van der Waals surface area contributed by atoms with E-state index in [2.05, 4.69) is 29.0 Å². The molecule has 1 aliphatic carbocycles. The van der Waals surface area contributed by atoms with Crippen LogP contribution >= 0.6 is 0 Å². The fraction of sp³-hybridized carbons (Fsp3) is 0.938. The van der Waals surface area contributed by atoms with Crippen molar-refractivity contribution in [3.63, 3.8) is 0 Å². The first-order valence-corrected chi connectivity index (χ1v) is 8.33. The minimum absolute atomic E-state index is 0.332. The molecule has 0 unspecified atom stereocenters. The Labute approximate surface area is 122 Å². The summed E-state index contributed by atoms with van der Waals surface area (Å²) in [5.74, 6) is 0.774. The van der Waals surface area contributed by atoms with Crippen molar-refractivity contribution in [2.45, 2.75) is 45.6 Å². The summed E-state index contributed by atoms with van der Waals surface area (Å²) in [5.41, 5.74) is 0.519. The normalized spacial score (nSPS) is 27.9. The molecule has 3 aliphatic rings. The number of nitrogens with zero attached hydrogens (tertiary/aromatic N) is 2. The second-order valence-corrected chi connectivity index (χ2v) is 7.31. The van der Waals surface area contributed by atoms with Gasteiger partial charge in [-0.05, 0) is 58.0 Å². The molecule has 20 heavy (non-hydrogen) atoms. The topological polar surface area (TPSA) is 35.6 Å². The lowest BCUT2D eigenvalue weighted by molar-refractivity contribution is -0.146. The average molecular weight is 279 g/mol. The van der Waals surface area contributed by atoms with Gasteiger partial charge < -0.3 is 10.2 Å². The number of piperazine rings is 1. The van der Waals surface area contributed by atoms with Gasteiger partial charge in [0, 0.05) is 38.1 Å². The first-order chi connectivity index (χ1) is 9.60. The summed E-state index contributed by atoms with van der Waals surface area (Å²) >= 11 is 0. The van der Waals surface area contributed by atoms with E-state index in [0.717, 1.165) is 52.1 Å². The Morgan fingerprint density at radius 1 is 1.10 bits per heavy atom. The number of carbonyl (C=O) groups excluding carboxylic acids is 1. The third-order valence-electron chi connectivity index (χ3n) is 5.73. The molecule has 0 aromatic carbocycles. The van der Waals surface area contributed by atoms with Crippen LogP contribution in [0.25, 0.3) is 0 Å². The predicted molar refractivity (Wildman–Crippen MR) is 80.5 cm³/mol. The third-order valence-corrected chi connectivity index (χ3v) is 5.73. The van der Waals surface area contributed by atoms with E-state index in [0.29, 0.717) is 23.3 Å². The highest BCUT2D eigenvalue weighted by Gasteiger charge is 2.48. The molecule has 0 aromatic rings. The lowest BCUT2D eigenvalue weighted by Gasteiger charge is -2.51. The van der Waals surface area contributed by atoms with Crippen LogP contribution in [-0.2, 0) is 4.79 Å². The summed E-state index contributed by atoms with van der Waals surface area (Å²) in [7, 11) is 0. The van der Waals surface area contributed by atoms with E-state index in [-0.39, 0.29) is 0 Å². The highest BCUT2D eigenvalue weighted by molar-refractivity contribution is 5.80. The Morgan fingerprint density at radius 3 is 2.25 bits per heavy atom. The molecule has 2 heterocycles. The van der Waals surface area contributed by atoms with Gasteiger partial charge in [0.25, 0.3) is 0 Å². The number of hydrogen-bond donors (Lipinski definition) is 1. The Hall–Kier alpha value is -0.610. The SMILES string of the molecule is CC(C)N1CCN(C(=O)C2CC3(CCNCC3)C2)CC1. The Kier molecular flexibility index (Phi) is 4.04. The first-order valence-electron chi connectivity index (χ1n) is 8.33. The van der Waals surface area contributed by atoms with Crippen molar-refractivity contribution in [1.29, 1.82) is 0 Å². The van der Waals surface area contributed by atoms with Gasteiger partial charge in [-0.2, -0.15) is 0 Å². The fourth-order valence-corrected chi connectivity index (χ4v) is 4.24. The summed E-state index contributed by atoms with van der Waals surface area (Å²) in [5, 5.41) is 3.43. The van der Waals surface area contributed by atoms with E-state index >= 15 is 0 Å². The quantitative estimate of drug-likeness (QED) is 0.828. The van der Waals surface area contributed by atoms with Gasteiger partial charge in [0.05, 0.1) is 0 Å². The maximum Gasteiger partial charge on any atom is 0.225 e. The van der Waals surface area contributed by atoms with Gasteiger partial charge in [0.15, 0.2) is 0 Å². The van der Waals surface area contributed by atoms with E-state index < -0.39 is 0 Å². The summed E-state index contributed by atoms with van der Waals surface area (Å²) in [4.78, 5) is 17.2. The molecule has 3 rings (SSSR count). The lowest BCUT2D eigenvalue weighted by Crippen LogP contribution is -2.55. The van der Waals surface area contributed by atoms with E-state index in [1.54, 1.807) is 0 Å². The van der Waals surface area contributed by atoms with Crippen molar-refractivity contribution in [3.8, 4) is 0 Å². The molecular formula is C16H29N3O. The minimum Gasteiger partial charge on any atom is -0.340 e. The molecule has 114 valence electrons. The van der Waals surface area contributed by atoms with Gasteiger partial charge in [0.2, 0.25) is 5.91 Å². The second kappa shape index (κ2) is 5.64. The van der Waals surface area contributed by atoms with Crippen molar-refractivity contribution >= 4 is 5.91 Å². The zero-order valence-corrected chi connectivity index (χ0v) is 13.0. The van der Waals surface area contributed by atoms with Crippen molar-refractivity contribution in [3.05, 3.63) is 0 Å². The molecule has 2 aliphatic heterocycles. The molecule has 0 aromatic heterocycles. The average Bonchev–Trinajstić information content (AvgIpc) is 2.45. The maximum absolute atomic E-state index is 12.6. The molecule has 1 spiro atoms. The number of nitrogens with one attached hydrogen (secondary N) is 1. The Morgan fingerprint density at radius 2 is 1.70 bits per heavy atom. The van der Waals surface area contributed by atoms with Gasteiger partial charge in [-0.1, -0.05) is 0 Å². The van der Waals surface area contributed by atoms with Crippen LogP contribution in [-0.4, -0.2) is 61.0 Å². The number of hydrogen-bond acceptors (Lipinski definition) is 3. The molecule has 0 bridgehead atoms. The van der Waals surface area contributed by atoms with E-state index in [9.17, 15) is 4.79 Å². The van der Waals surface area contributed by atoms with Gasteiger partial charge in [-0.15, -0.1) is 0 Å². The Bertz CT molecular complexity index is 347. The second-order valence-electron chi connectivity index (χ2n) is 7.31. The lowest BCUT2D eigenvalue weighted by atomic mass is 9.57. The van der Waals surface area contributed by atoms with E-state index in [4.69, 9.17) is 0 Å². The smallest absolute Gasteiger partial charge is 0.225 e.